The first-order valence-corrected chi connectivity index (χ1v) is 4.99. The number of carbonyl (C=O) groups is 2. The lowest BCUT2D eigenvalue weighted by atomic mass is 10.1. The number of nitrogens with zero attached hydrogens (tertiary/aromatic N) is 1. The smallest absolute Gasteiger partial charge is 0.255 e. The monoisotopic (exact) mass is 195 g/mol. The number of hydrogen-bond acceptors (Lipinski definition) is 3. The molecule has 1 amide bonds. The summed E-state index contributed by atoms with van der Waals surface area (Å²) in [5, 5.41) is 3.51. The highest BCUT2D eigenvalue weighted by Crippen LogP contribution is 2.21. The highest BCUT2D eigenvalue weighted by molar-refractivity contribution is 7.08. The fraction of sp³-hybridized carbons (Fsp3) is 0.333. The SMILES string of the molecule is CN1CCC(=O)c2cscc2C1=O. The molecule has 13 heavy (non-hydrogen) atoms. The van der Waals surface area contributed by atoms with E-state index in [4.69, 9.17) is 0 Å². The van der Waals surface area contributed by atoms with Crippen molar-refractivity contribution in [3.63, 3.8) is 0 Å². The molecule has 2 heterocycles. The second-order valence-electron chi connectivity index (χ2n) is 3.10. The Bertz CT molecular complexity index is 369. The zero-order valence-electron chi connectivity index (χ0n) is 7.24. The topological polar surface area (TPSA) is 37.4 Å². The van der Waals surface area contributed by atoms with Crippen molar-refractivity contribution in [3.05, 3.63) is 21.9 Å². The first-order valence-electron chi connectivity index (χ1n) is 4.05. The van der Waals surface area contributed by atoms with Crippen LogP contribution in [0.25, 0.3) is 0 Å². The van der Waals surface area contributed by atoms with E-state index in [9.17, 15) is 9.59 Å². The van der Waals surface area contributed by atoms with E-state index in [0.29, 0.717) is 24.1 Å². The number of amides is 1. The number of thiophene rings is 1. The number of fused-ring (bicyclic) bond motifs is 1. The largest absolute Gasteiger partial charge is 0.341 e. The third-order valence-corrected chi connectivity index (χ3v) is 2.96. The molecular formula is C9H9NO2S. The predicted octanol–water partition coefficient (Wildman–Crippen LogP) is 1.41. The zero-order chi connectivity index (χ0) is 9.42. The van der Waals surface area contributed by atoms with E-state index >= 15 is 0 Å². The summed E-state index contributed by atoms with van der Waals surface area (Å²) in [5.41, 5.74) is 1.16. The number of rotatable bonds is 0. The van der Waals surface area contributed by atoms with Crippen LogP contribution in [0.5, 0.6) is 0 Å². The van der Waals surface area contributed by atoms with E-state index in [0.717, 1.165) is 0 Å². The van der Waals surface area contributed by atoms with Crippen LogP contribution >= 0.6 is 11.3 Å². The standard InChI is InChI=1S/C9H9NO2S/c1-10-3-2-8(11)6-4-13-5-7(6)9(10)12/h4-5H,2-3H2,1H3. The van der Waals surface area contributed by atoms with E-state index in [1.165, 1.54) is 11.3 Å². The number of Topliss-reactive ketones (excluding diaryl/α,β-unsaturated/α-hetero) is 1. The minimum absolute atomic E-state index is 0.0397. The molecule has 0 saturated heterocycles. The average Bonchev–Trinajstić information content (AvgIpc) is 2.57. The lowest BCUT2D eigenvalue weighted by Gasteiger charge is -2.12. The summed E-state index contributed by atoms with van der Waals surface area (Å²) in [6.45, 7) is 0.525. The Morgan fingerprint density at radius 1 is 1.31 bits per heavy atom. The van der Waals surface area contributed by atoms with E-state index in [1.807, 2.05) is 0 Å². The van der Waals surface area contributed by atoms with Gasteiger partial charge in [-0.1, -0.05) is 0 Å². The highest BCUT2D eigenvalue weighted by atomic mass is 32.1. The van der Waals surface area contributed by atoms with Gasteiger partial charge in [0.1, 0.15) is 0 Å². The Kier molecular flexibility index (Phi) is 1.92. The molecule has 0 unspecified atom stereocenters. The Balaban J connectivity index is 2.52. The maximum absolute atomic E-state index is 11.6. The van der Waals surface area contributed by atoms with Crippen molar-refractivity contribution in [2.75, 3.05) is 13.6 Å². The molecule has 4 heteroatoms. The van der Waals surface area contributed by atoms with Crippen LogP contribution in [0.2, 0.25) is 0 Å². The van der Waals surface area contributed by atoms with Crippen LogP contribution in [-0.4, -0.2) is 30.2 Å². The Morgan fingerprint density at radius 2 is 2.00 bits per heavy atom. The van der Waals surface area contributed by atoms with Crippen LogP contribution in [0.4, 0.5) is 0 Å². The second-order valence-corrected chi connectivity index (χ2v) is 3.84. The maximum atomic E-state index is 11.6. The molecule has 1 aliphatic heterocycles. The molecule has 0 radical (unpaired) electrons. The van der Waals surface area contributed by atoms with Crippen molar-refractivity contribution in [2.45, 2.75) is 6.42 Å². The van der Waals surface area contributed by atoms with Crippen LogP contribution in [0.15, 0.2) is 10.8 Å². The van der Waals surface area contributed by atoms with E-state index in [-0.39, 0.29) is 11.7 Å². The molecule has 0 fully saturated rings. The quantitative estimate of drug-likeness (QED) is 0.627. The zero-order valence-corrected chi connectivity index (χ0v) is 8.06. The van der Waals surface area contributed by atoms with Crippen LogP contribution in [-0.2, 0) is 0 Å². The lowest BCUT2D eigenvalue weighted by Crippen LogP contribution is -2.25. The summed E-state index contributed by atoms with van der Waals surface area (Å²) in [6.07, 6.45) is 0.436. The fourth-order valence-electron chi connectivity index (χ4n) is 1.39. The molecule has 0 aromatic carbocycles. The first kappa shape index (κ1) is 8.44. The van der Waals surface area contributed by atoms with Gasteiger partial charge in [0.15, 0.2) is 5.78 Å². The summed E-state index contributed by atoms with van der Waals surface area (Å²) in [4.78, 5) is 24.7. The summed E-state index contributed by atoms with van der Waals surface area (Å²) in [5.74, 6) is 0.0380. The summed E-state index contributed by atoms with van der Waals surface area (Å²) < 4.78 is 0. The Labute approximate surface area is 80.0 Å². The molecule has 0 atom stereocenters. The van der Waals surface area contributed by atoms with Gasteiger partial charge >= 0.3 is 0 Å². The molecule has 0 spiro atoms. The molecule has 1 aliphatic rings. The first-order chi connectivity index (χ1) is 6.20. The van der Waals surface area contributed by atoms with Gasteiger partial charge in [0.2, 0.25) is 0 Å². The average molecular weight is 195 g/mol. The van der Waals surface area contributed by atoms with Crippen molar-refractivity contribution in [1.29, 1.82) is 0 Å². The predicted molar refractivity (Wildman–Crippen MR) is 50.2 cm³/mol. The molecular weight excluding hydrogens is 186 g/mol. The van der Waals surface area contributed by atoms with Gasteiger partial charge < -0.3 is 4.90 Å². The van der Waals surface area contributed by atoms with Gasteiger partial charge in [-0.2, -0.15) is 11.3 Å². The van der Waals surface area contributed by atoms with E-state index in [2.05, 4.69) is 0 Å². The fourth-order valence-corrected chi connectivity index (χ4v) is 2.22. The third kappa shape index (κ3) is 1.27. The van der Waals surface area contributed by atoms with Crippen molar-refractivity contribution >= 4 is 23.0 Å². The Morgan fingerprint density at radius 3 is 2.77 bits per heavy atom. The second kappa shape index (κ2) is 2.96. The highest BCUT2D eigenvalue weighted by Gasteiger charge is 2.24. The molecule has 0 N–H and O–H groups in total. The lowest BCUT2D eigenvalue weighted by molar-refractivity contribution is 0.0798. The van der Waals surface area contributed by atoms with Crippen LogP contribution < -0.4 is 0 Å². The van der Waals surface area contributed by atoms with E-state index < -0.39 is 0 Å². The van der Waals surface area contributed by atoms with Crippen molar-refractivity contribution in [3.8, 4) is 0 Å². The molecule has 3 nitrogen and oxygen atoms in total. The Hall–Kier alpha value is -1.16. The normalized spacial score (nSPS) is 17.2. The number of ketones is 1. The van der Waals surface area contributed by atoms with Gasteiger partial charge in [-0.3, -0.25) is 9.59 Å². The minimum atomic E-state index is -0.0397. The molecule has 2 rings (SSSR count). The molecule has 1 aromatic rings. The van der Waals surface area contributed by atoms with Gasteiger partial charge in [0.05, 0.1) is 5.56 Å². The summed E-state index contributed by atoms with van der Waals surface area (Å²) in [6, 6.07) is 0. The maximum Gasteiger partial charge on any atom is 0.255 e. The number of hydrogen-bond donors (Lipinski definition) is 0. The van der Waals surface area contributed by atoms with Crippen molar-refractivity contribution < 1.29 is 9.59 Å². The molecule has 0 aliphatic carbocycles. The molecule has 0 bridgehead atoms. The van der Waals surface area contributed by atoms with Gasteiger partial charge in [0.25, 0.3) is 5.91 Å². The van der Waals surface area contributed by atoms with Crippen LogP contribution in [0.3, 0.4) is 0 Å². The molecule has 1 aromatic heterocycles. The van der Waals surface area contributed by atoms with Gasteiger partial charge in [-0.25, -0.2) is 0 Å². The van der Waals surface area contributed by atoms with Gasteiger partial charge in [-0.05, 0) is 0 Å². The van der Waals surface area contributed by atoms with E-state index in [1.54, 1.807) is 22.7 Å². The third-order valence-electron chi connectivity index (χ3n) is 2.21. The molecule has 0 saturated carbocycles. The number of carbonyl (C=O) groups excluding carboxylic acids is 2. The molecule has 68 valence electrons. The van der Waals surface area contributed by atoms with Crippen molar-refractivity contribution in [2.24, 2.45) is 0 Å². The van der Waals surface area contributed by atoms with Crippen molar-refractivity contribution in [1.82, 2.24) is 4.90 Å². The van der Waals surface area contributed by atoms with Gasteiger partial charge in [-0.15, -0.1) is 0 Å². The van der Waals surface area contributed by atoms with Crippen LogP contribution in [0, 0.1) is 0 Å². The summed E-state index contributed by atoms with van der Waals surface area (Å²) in [7, 11) is 1.72. The summed E-state index contributed by atoms with van der Waals surface area (Å²) >= 11 is 1.41. The van der Waals surface area contributed by atoms with Gasteiger partial charge in [0, 0.05) is 36.3 Å². The minimum Gasteiger partial charge on any atom is -0.341 e. The van der Waals surface area contributed by atoms with Crippen LogP contribution in [0.1, 0.15) is 27.1 Å².